The first-order valence-corrected chi connectivity index (χ1v) is 8.93. The number of benzene rings is 1. The monoisotopic (exact) mass is 353 g/mol. The molecule has 0 saturated carbocycles. The molecule has 128 valence electrons. The van der Waals surface area contributed by atoms with Crippen molar-refractivity contribution in [1.82, 2.24) is 14.9 Å². The van der Waals surface area contributed by atoms with E-state index in [4.69, 9.17) is 0 Å². The topological polar surface area (TPSA) is 66.1 Å². The molecule has 1 N–H and O–H groups in total. The molecule has 0 atom stereocenters. The molecule has 0 radical (unpaired) electrons. The van der Waals surface area contributed by atoms with Gasteiger partial charge in [-0.2, -0.15) is 0 Å². The van der Waals surface area contributed by atoms with Crippen molar-refractivity contribution in [1.29, 1.82) is 0 Å². The number of carbonyl (C=O) groups excluding carboxylic acids is 1. The van der Waals surface area contributed by atoms with Gasteiger partial charge < -0.3 is 9.88 Å². The van der Waals surface area contributed by atoms with Gasteiger partial charge in [-0.05, 0) is 35.1 Å². The normalized spacial score (nSPS) is 11.3. The van der Waals surface area contributed by atoms with Crippen molar-refractivity contribution in [2.24, 2.45) is 0 Å². The Morgan fingerprint density at radius 1 is 1.28 bits per heavy atom. The van der Waals surface area contributed by atoms with Crippen molar-refractivity contribution >= 4 is 33.5 Å². The van der Waals surface area contributed by atoms with Crippen LogP contribution in [0, 0.1) is 0 Å². The number of nitrogens with zero attached hydrogens (tertiary/aromatic N) is 2. The zero-order valence-corrected chi connectivity index (χ0v) is 15.0. The number of nitrogens with one attached hydrogen (secondary N) is 1. The number of thiophene rings is 1. The molecule has 0 aliphatic carbocycles. The van der Waals surface area contributed by atoms with Crippen molar-refractivity contribution < 1.29 is 4.79 Å². The fourth-order valence-corrected chi connectivity index (χ4v) is 3.18. The summed E-state index contributed by atoms with van der Waals surface area (Å²) < 4.78 is 0.605. The van der Waals surface area contributed by atoms with Gasteiger partial charge in [0.25, 0.3) is 5.56 Å². The third kappa shape index (κ3) is 4.03. The second kappa shape index (κ2) is 7.44. The van der Waals surface area contributed by atoms with Crippen LogP contribution in [0.15, 0.2) is 46.6 Å². The Balaban J connectivity index is 1.68. The van der Waals surface area contributed by atoms with E-state index in [0.717, 1.165) is 12.0 Å². The SMILES string of the molecule is CCc1ccc(/C=C/C(=O)N(C)Cc2nc3ccsc3c(=O)[nH]2)cc1. The van der Waals surface area contributed by atoms with Crippen molar-refractivity contribution in [3.63, 3.8) is 0 Å². The predicted octanol–water partition coefficient (Wildman–Crippen LogP) is 3.22. The highest BCUT2D eigenvalue weighted by atomic mass is 32.1. The maximum Gasteiger partial charge on any atom is 0.268 e. The van der Waals surface area contributed by atoms with Crippen LogP contribution in [-0.4, -0.2) is 27.8 Å². The van der Waals surface area contributed by atoms with E-state index in [1.165, 1.54) is 27.9 Å². The molecule has 3 rings (SSSR count). The minimum atomic E-state index is -0.164. The molecule has 3 aromatic rings. The van der Waals surface area contributed by atoms with E-state index in [9.17, 15) is 9.59 Å². The van der Waals surface area contributed by atoms with E-state index in [0.29, 0.717) is 16.0 Å². The fourth-order valence-electron chi connectivity index (χ4n) is 2.46. The minimum absolute atomic E-state index is 0.146. The number of aromatic amines is 1. The maximum absolute atomic E-state index is 12.3. The van der Waals surface area contributed by atoms with Crippen molar-refractivity contribution in [3.05, 3.63) is 69.1 Å². The lowest BCUT2D eigenvalue weighted by atomic mass is 10.1. The lowest BCUT2D eigenvalue weighted by molar-refractivity contribution is -0.125. The number of aryl methyl sites for hydroxylation is 1. The molecule has 0 aliphatic rings. The minimum Gasteiger partial charge on any atom is -0.335 e. The highest BCUT2D eigenvalue weighted by Crippen LogP contribution is 2.14. The molecule has 6 heteroatoms. The van der Waals surface area contributed by atoms with Gasteiger partial charge in [-0.15, -0.1) is 11.3 Å². The van der Waals surface area contributed by atoms with Crippen molar-refractivity contribution in [3.8, 4) is 0 Å². The summed E-state index contributed by atoms with van der Waals surface area (Å²) >= 11 is 1.36. The summed E-state index contributed by atoms with van der Waals surface area (Å²) in [7, 11) is 1.69. The Kier molecular flexibility index (Phi) is 5.09. The summed E-state index contributed by atoms with van der Waals surface area (Å²) in [6.45, 7) is 2.36. The predicted molar refractivity (Wildman–Crippen MR) is 102 cm³/mol. The number of aromatic nitrogens is 2. The highest BCUT2D eigenvalue weighted by molar-refractivity contribution is 7.17. The third-order valence-electron chi connectivity index (χ3n) is 3.93. The average molecular weight is 353 g/mol. The maximum atomic E-state index is 12.3. The van der Waals surface area contributed by atoms with Crippen LogP contribution in [0.3, 0.4) is 0 Å². The molecule has 1 amide bonds. The number of fused-ring (bicyclic) bond motifs is 1. The largest absolute Gasteiger partial charge is 0.335 e. The second-order valence-electron chi connectivity index (χ2n) is 5.77. The number of hydrogen-bond acceptors (Lipinski definition) is 4. The first-order chi connectivity index (χ1) is 12.1. The van der Waals surface area contributed by atoms with Crippen LogP contribution >= 0.6 is 11.3 Å². The summed E-state index contributed by atoms with van der Waals surface area (Å²) in [6, 6.07) is 9.90. The van der Waals surface area contributed by atoms with Crippen molar-refractivity contribution in [2.75, 3.05) is 7.05 Å². The Morgan fingerprint density at radius 3 is 2.76 bits per heavy atom. The number of carbonyl (C=O) groups is 1. The summed E-state index contributed by atoms with van der Waals surface area (Å²) in [4.78, 5) is 32.9. The average Bonchev–Trinajstić information content (AvgIpc) is 3.09. The van der Waals surface area contributed by atoms with Gasteiger partial charge in [0, 0.05) is 13.1 Å². The highest BCUT2D eigenvalue weighted by Gasteiger charge is 2.10. The standard InChI is InChI=1S/C19H19N3O2S/c1-3-13-4-6-14(7-5-13)8-9-17(23)22(2)12-16-20-15-10-11-25-18(15)19(24)21-16/h4-11H,3,12H2,1-2H3,(H,20,21,24)/b9-8+. The van der Waals surface area contributed by atoms with Crippen LogP contribution in [0.2, 0.25) is 0 Å². The quantitative estimate of drug-likeness (QED) is 0.716. The molecule has 0 saturated heterocycles. The zero-order valence-electron chi connectivity index (χ0n) is 14.2. The Labute approximate surface area is 149 Å². The van der Waals surface area contributed by atoms with Crippen LogP contribution < -0.4 is 5.56 Å². The summed E-state index contributed by atoms with van der Waals surface area (Å²) in [6.07, 6.45) is 4.31. The summed E-state index contributed by atoms with van der Waals surface area (Å²) in [5.74, 6) is 0.333. The summed E-state index contributed by atoms with van der Waals surface area (Å²) in [5, 5.41) is 1.83. The lowest BCUT2D eigenvalue weighted by Crippen LogP contribution is -2.26. The van der Waals surface area contributed by atoms with Crippen LogP contribution in [0.4, 0.5) is 0 Å². The number of likely N-dealkylation sites (N-methyl/N-ethyl adjacent to an activating group) is 1. The van der Waals surface area contributed by atoms with Crippen LogP contribution in [0.25, 0.3) is 16.3 Å². The number of rotatable bonds is 5. The molecule has 0 fully saturated rings. The van der Waals surface area contributed by atoms with E-state index in [-0.39, 0.29) is 18.0 Å². The van der Waals surface area contributed by atoms with Gasteiger partial charge in [0.2, 0.25) is 5.91 Å². The van der Waals surface area contributed by atoms with Crippen molar-refractivity contribution in [2.45, 2.75) is 19.9 Å². The van der Waals surface area contributed by atoms with Gasteiger partial charge in [-0.25, -0.2) is 4.98 Å². The molecular weight excluding hydrogens is 334 g/mol. The lowest BCUT2D eigenvalue weighted by Gasteiger charge is -2.14. The zero-order chi connectivity index (χ0) is 17.8. The first-order valence-electron chi connectivity index (χ1n) is 8.05. The van der Waals surface area contributed by atoms with E-state index in [1.807, 2.05) is 17.5 Å². The molecule has 5 nitrogen and oxygen atoms in total. The molecule has 25 heavy (non-hydrogen) atoms. The third-order valence-corrected chi connectivity index (χ3v) is 4.84. The fraction of sp³-hybridized carbons (Fsp3) is 0.211. The van der Waals surface area contributed by atoms with E-state index in [1.54, 1.807) is 19.2 Å². The van der Waals surface area contributed by atoms with Gasteiger partial charge in [0.05, 0.1) is 12.1 Å². The van der Waals surface area contributed by atoms with E-state index < -0.39 is 0 Å². The van der Waals surface area contributed by atoms with Crippen LogP contribution in [0.1, 0.15) is 23.9 Å². The molecular formula is C19H19N3O2S. The van der Waals surface area contributed by atoms with Gasteiger partial charge in [0.1, 0.15) is 10.5 Å². The Bertz CT molecular complexity index is 970. The molecule has 2 heterocycles. The molecule has 0 unspecified atom stereocenters. The molecule has 2 aromatic heterocycles. The Hall–Kier alpha value is -2.73. The Morgan fingerprint density at radius 2 is 2.04 bits per heavy atom. The molecule has 0 aliphatic heterocycles. The number of hydrogen-bond donors (Lipinski definition) is 1. The summed E-state index contributed by atoms with van der Waals surface area (Å²) in [5.41, 5.74) is 2.74. The number of H-pyrrole nitrogens is 1. The van der Waals surface area contributed by atoms with Gasteiger partial charge in [-0.3, -0.25) is 9.59 Å². The van der Waals surface area contributed by atoms with Gasteiger partial charge >= 0.3 is 0 Å². The van der Waals surface area contributed by atoms with E-state index >= 15 is 0 Å². The molecule has 1 aromatic carbocycles. The smallest absolute Gasteiger partial charge is 0.268 e. The second-order valence-corrected chi connectivity index (χ2v) is 6.69. The first kappa shape index (κ1) is 17.1. The van der Waals surface area contributed by atoms with Crippen LogP contribution in [-0.2, 0) is 17.8 Å². The molecule has 0 bridgehead atoms. The molecule has 0 spiro atoms. The van der Waals surface area contributed by atoms with Crippen LogP contribution in [0.5, 0.6) is 0 Å². The van der Waals surface area contributed by atoms with Gasteiger partial charge in [-0.1, -0.05) is 31.2 Å². The van der Waals surface area contributed by atoms with Gasteiger partial charge in [0.15, 0.2) is 0 Å². The van der Waals surface area contributed by atoms with E-state index in [2.05, 4.69) is 29.0 Å². The number of amides is 1.